The van der Waals surface area contributed by atoms with E-state index < -0.39 is 5.97 Å². The predicted octanol–water partition coefficient (Wildman–Crippen LogP) is 7.44. The van der Waals surface area contributed by atoms with E-state index in [-0.39, 0.29) is 13.2 Å². The van der Waals surface area contributed by atoms with Crippen molar-refractivity contribution < 1.29 is 19.0 Å². The lowest BCUT2D eigenvalue weighted by Gasteiger charge is -2.18. The molecule has 0 fully saturated rings. The van der Waals surface area contributed by atoms with Gasteiger partial charge in [0.25, 0.3) is 0 Å². The third-order valence-electron chi connectivity index (χ3n) is 6.20. The molecule has 0 aliphatic heterocycles. The molecule has 0 aliphatic carbocycles. The minimum absolute atomic E-state index is 0.164. The number of esters is 1. The summed E-state index contributed by atoms with van der Waals surface area (Å²) in [6, 6.07) is 33.3. The van der Waals surface area contributed by atoms with E-state index in [2.05, 4.69) is 73.3 Å². The third-order valence-corrected chi connectivity index (χ3v) is 6.20. The van der Waals surface area contributed by atoms with Crippen molar-refractivity contribution in [2.45, 2.75) is 0 Å². The summed E-state index contributed by atoms with van der Waals surface area (Å²) in [5, 5.41) is 4.69. The molecular weight excluding hydrogens is 448 g/mol. The van der Waals surface area contributed by atoms with Crippen molar-refractivity contribution in [1.29, 1.82) is 0 Å². The Morgan fingerprint density at radius 1 is 0.694 bits per heavy atom. The van der Waals surface area contributed by atoms with Crippen LogP contribution < -0.4 is 9.47 Å². The molecule has 0 aromatic heterocycles. The second kappa shape index (κ2) is 10.4. The lowest BCUT2D eigenvalue weighted by Crippen LogP contribution is -2.10. The van der Waals surface area contributed by atoms with E-state index >= 15 is 0 Å². The van der Waals surface area contributed by atoms with Crippen molar-refractivity contribution >= 4 is 27.5 Å². The number of fused-ring (bicyclic) bond motifs is 2. The quantitative estimate of drug-likeness (QED) is 0.101. The molecule has 4 nitrogen and oxygen atoms in total. The van der Waals surface area contributed by atoms with Gasteiger partial charge in [0, 0.05) is 6.08 Å². The predicted molar refractivity (Wildman–Crippen MR) is 146 cm³/mol. The molecule has 5 rings (SSSR count). The van der Waals surface area contributed by atoms with Crippen LogP contribution in [0, 0.1) is 0 Å². The maximum absolute atomic E-state index is 11.3. The highest BCUT2D eigenvalue weighted by Crippen LogP contribution is 2.44. The number of methoxy groups -OCH3 is 1. The van der Waals surface area contributed by atoms with Gasteiger partial charge in [0.2, 0.25) is 0 Å². The molecule has 0 spiro atoms. The van der Waals surface area contributed by atoms with Gasteiger partial charge in [-0.3, -0.25) is 0 Å². The summed E-state index contributed by atoms with van der Waals surface area (Å²) in [5.41, 5.74) is 4.55. The highest BCUT2D eigenvalue weighted by molar-refractivity contribution is 6.21. The third kappa shape index (κ3) is 4.53. The normalized spacial score (nSPS) is 10.8. The molecule has 0 saturated carbocycles. The van der Waals surface area contributed by atoms with E-state index in [0.29, 0.717) is 0 Å². The minimum atomic E-state index is -0.456. The van der Waals surface area contributed by atoms with Crippen LogP contribution >= 0.6 is 0 Å². The smallest absolute Gasteiger partial charge is 0.330 e. The fourth-order valence-electron chi connectivity index (χ4n) is 4.61. The van der Waals surface area contributed by atoms with Gasteiger partial charge in [0.05, 0.1) is 7.11 Å². The summed E-state index contributed by atoms with van der Waals surface area (Å²) in [6.45, 7) is 3.83. The van der Waals surface area contributed by atoms with Crippen molar-refractivity contribution in [2.75, 3.05) is 20.3 Å². The van der Waals surface area contributed by atoms with Crippen molar-refractivity contribution in [3.05, 3.63) is 110 Å². The fourth-order valence-corrected chi connectivity index (χ4v) is 4.61. The molecule has 0 radical (unpaired) electrons. The van der Waals surface area contributed by atoms with Crippen molar-refractivity contribution in [1.82, 2.24) is 0 Å². The first-order chi connectivity index (χ1) is 17.7. The Labute approximate surface area is 210 Å². The number of benzene rings is 5. The van der Waals surface area contributed by atoms with Crippen molar-refractivity contribution in [3.8, 4) is 33.8 Å². The fraction of sp³-hybridized carbons (Fsp3) is 0.0938. The first kappa shape index (κ1) is 23.2. The van der Waals surface area contributed by atoms with Crippen molar-refractivity contribution in [3.63, 3.8) is 0 Å². The second-order valence-electron chi connectivity index (χ2n) is 8.32. The Hall–Kier alpha value is -4.57. The molecule has 0 atom stereocenters. The van der Waals surface area contributed by atoms with E-state index in [1.54, 1.807) is 7.11 Å². The Morgan fingerprint density at radius 2 is 1.28 bits per heavy atom. The number of hydrogen-bond acceptors (Lipinski definition) is 4. The maximum Gasteiger partial charge on any atom is 0.330 e. The number of carbonyl (C=O) groups is 1. The van der Waals surface area contributed by atoms with Gasteiger partial charge in [-0.2, -0.15) is 0 Å². The van der Waals surface area contributed by atoms with Crippen LogP contribution in [0.4, 0.5) is 0 Å². The number of ether oxygens (including phenoxy) is 3. The standard InChI is InChI=1S/C32H26O4/c1-3-30(33)36-20-19-35-25-10-8-9-23(21-25)32-28-13-6-4-11-26(28)31(27-12-5-7-14-29(27)32)22-15-17-24(34-2)18-16-22/h3-18,21H,1,19-20H2,2H3. The summed E-state index contributed by atoms with van der Waals surface area (Å²) >= 11 is 0. The zero-order valence-electron chi connectivity index (χ0n) is 20.1. The molecule has 4 heteroatoms. The molecule has 0 unspecified atom stereocenters. The van der Waals surface area contributed by atoms with E-state index in [4.69, 9.17) is 14.2 Å². The largest absolute Gasteiger partial charge is 0.497 e. The Kier molecular flexibility index (Phi) is 6.67. The van der Waals surface area contributed by atoms with Crippen LogP contribution in [0.3, 0.4) is 0 Å². The summed E-state index contributed by atoms with van der Waals surface area (Å²) in [5.74, 6) is 1.09. The van der Waals surface area contributed by atoms with Gasteiger partial charge in [-0.15, -0.1) is 0 Å². The number of rotatable bonds is 8. The summed E-state index contributed by atoms with van der Waals surface area (Å²) < 4.78 is 16.3. The lowest BCUT2D eigenvalue weighted by molar-refractivity contribution is -0.138. The molecule has 178 valence electrons. The van der Waals surface area contributed by atoms with Gasteiger partial charge >= 0.3 is 5.97 Å². The lowest BCUT2D eigenvalue weighted by atomic mass is 9.86. The Bertz CT molecular complexity index is 1490. The highest BCUT2D eigenvalue weighted by atomic mass is 16.6. The molecule has 5 aromatic carbocycles. The Balaban J connectivity index is 1.63. The van der Waals surface area contributed by atoms with Crippen LogP contribution in [0.25, 0.3) is 43.8 Å². The van der Waals surface area contributed by atoms with Gasteiger partial charge in [0.1, 0.15) is 24.7 Å². The zero-order valence-corrected chi connectivity index (χ0v) is 20.1. The van der Waals surface area contributed by atoms with Crippen LogP contribution in [0.2, 0.25) is 0 Å². The van der Waals surface area contributed by atoms with E-state index in [1.165, 1.54) is 27.1 Å². The van der Waals surface area contributed by atoms with Crippen molar-refractivity contribution in [2.24, 2.45) is 0 Å². The molecule has 0 heterocycles. The molecule has 36 heavy (non-hydrogen) atoms. The van der Waals surface area contributed by atoms with Crippen LogP contribution in [0.5, 0.6) is 11.5 Å². The first-order valence-electron chi connectivity index (χ1n) is 11.8. The summed E-state index contributed by atoms with van der Waals surface area (Å²) in [4.78, 5) is 11.3. The Morgan fingerprint density at radius 3 is 1.83 bits per heavy atom. The second-order valence-corrected chi connectivity index (χ2v) is 8.32. The molecular formula is C32H26O4. The molecule has 0 bridgehead atoms. The first-order valence-corrected chi connectivity index (χ1v) is 11.8. The average Bonchev–Trinajstić information content (AvgIpc) is 2.94. The summed E-state index contributed by atoms with van der Waals surface area (Å²) in [7, 11) is 1.68. The highest BCUT2D eigenvalue weighted by Gasteiger charge is 2.16. The number of carbonyl (C=O) groups excluding carboxylic acids is 1. The van der Waals surface area contributed by atoms with Crippen LogP contribution in [0.1, 0.15) is 0 Å². The van der Waals surface area contributed by atoms with Gasteiger partial charge in [0.15, 0.2) is 0 Å². The van der Waals surface area contributed by atoms with Crippen LogP contribution in [-0.2, 0) is 9.53 Å². The SMILES string of the molecule is C=CC(=O)OCCOc1cccc(-c2c3ccccc3c(-c3ccc(OC)cc3)c3ccccc23)c1. The van der Waals surface area contributed by atoms with Gasteiger partial charge < -0.3 is 14.2 Å². The minimum Gasteiger partial charge on any atom is -0.497 e. The zero-order chi connectivity index (χ0) is 24.9. The van der Waals surface area contributed by atoms with Crippen LogP contribution in [0.15, 0.2) is 110 Å². The summed E-state index contributed by atoms with van der Waals surface area (Å²) in [6.07, 6.45) is 1.15. The van der Waals surface area contributed by atoms with E-state index in [9.17, 15) is 4.79 Å². The molecule has 0 saturated heterocycles. The van der Waals surface area contributed by atoms with E-state index in [1.807, 2.05) is 30.3 Å². The number of hydrogen-bond donors (Lipinski definition) is 0. The molecule has 5 aromatic rings. The van der Waals surface area contributed by atoms with E-state index in [0.717, 1.165) is 34.3 Å². The molecule has 0 N–H and O–H groups in total. The molecule has 0 amide bonds. The van der Waals surface area contributed by atoms with Crippen LogP contribution in [-0.4, -0.2) is 26.3 Å². The van der Waals surface area contributed by atoms with Gasteiger partial charge in [-0.1, -0.05) is 79.4 Å². The van der Waals surface area contributed by atoms with Gasteiger partial charge in [-0.05, 0) is 68.1 Å². The monoisotopic (exact) mass is 474 g/mol. The van der Waals surface area contributed by atoms with Gasteiger partial charge in [-0.25, -0.2) is 4.79 Å². The topological polar surface area (TPSA) is 44.8 Å². The molecule has 0 aliphatic rings. The average molecular weight is 475 g/mol. The maximum atomic E-state index is 11.3.